The smallest absolute Gasteiger partial charge is 0.319 e. The minimum absolute atomic E-state index is 0.0686. The van der Waals surface area contributed by atoms with E-state index in [4.69, 9.17) is 5.11 Å². The van der Waals surface area contributed by atoms with Crippen LogP contribution in [0.25, 0.3) is 0 Å². The van der Waals surface area contributed by atoms with Gasteiger partial charge in [-0.2, -0.15) is 0 Å². The third-order valence-electron chi connectivity index (χ3n) is 4.77. The summed E-state index contributed by atoms with van der Waals surface area (Å²) in [7, 11) is 0. The third-order valence-corrected chi connectivity index (χ3v) is 4.77. The van der Waals surface area contributed by atoms with E-state index in [0.29, 0.717) is 38.8 Å². The molecule has 1 heterocycles. The molecule has 22 heavy (non-hydrogen) atoms. The molecule has 3 rings (SSSR count). The number of piperidine rings is 1. The Morgan fingerprint density at radius 1 is 1.14 bits per heavy atom. The van der Waals surface area contributed by atoms with Crippen molar-refractivity contribution in [3.05, 3.63) is 35.4 Å². The lowest BCUT2D eigenvalue weighted by atomic mass is 9.88. The number of rotatable bonds is 3. The molecule has 1 saturated heterocycles. The molecule has 0 radical (unpaired) electrons. The van der Waals surface area contributed by atoms with Crippen LogP contribution in [0.4, 0.5) is 8.78 Å². The van der Waals surface area contributed by atoms with E-state index in [-0.39, 0.29) is 11.8 Å². The first-order chi connectivity index (χ1) is 10.4. The Hall–Kier alpha value is -1.98. The monoisotopic (exact) mass is 309 g/mol. The second-order valence-corrected chi connectivity index (χ2v) is 6.13. The van der Waals surface area contributed by atoms with Gasteiger partial charge in [0.1, 0.15) is 5.41 Å². The topological polar surface area (TPSA) is 57.6 Å². The number of nitrogens with zero attached hydrogens (tertiary/aromatic N) is 1. The van der Waals surface area contributed by atoms with E-state index in [1.54, 1.807) is 11.0 Å². The van der Waals surface area contributed by atoms with Gasteiger partial charge in [0.2, 0.25) is 5.91 Å². The number of hydrogen-bond donors (Lipinski definition) is 1. The number of amides is 1. The quantitative estimate of drug-likeness (QED) is 0.873. The predicted molar refractivity (Wildman–Crippen MR) is 74.2 cm³/mol. The van der Waals surface area contributed by atoms with Gasteiger partial charge in [0, 0.05) is 13.1 Å². The fraction of sp³-hybridized carbons (Fsp3) is 0.500. The summed E-state index contributed by atoms with van der Waals surface area (Å²) < 4.78 is 26.3. The number of carboxylic acids is 1. The standard InChI is InChI=1S/C16H17F2NO3/c17-12-2-1-11(9-13(12)18)10-3-7-19(8-4-10)14(20)16(5-6-16)15(21)22/h1-2,9-10H,3-8H2,(H,21,22). The maximum absolute atomic E-state index is 13.3. The van der Waals surface area contributed by atoms with E-state index < -0.39 is 23.0 Å². The largest absolute Gasteiger partial charge is 0.480 e. The molecule has 1 aromatic carbocycles. The Kier molecular flexibility index (Phi) is 3.62. The predicted octanol–water partition coefficient (Wildman–Crippen LogP) is 2.54. The number of halogens is 2. The number of hydrogen-bond acceptors (Lipinski definition) is 2. The highest BCUT2D eigenvalue weighted by Gasteiger charge is 2.58. The fourth-order valence-electron chi connectivity index (χ4n) is 3.13. The first-order valence-corrected chi connectivity index (χ1v) is 7.42. The average Bonchev–Trinajstić information content (AvgIpc) is 3.31. The molecule has 1 saturated carbocycles. The molecule has 2 fully saturated rings. The molecule has 0 bridgehead atoms. The molecular weight excluding hydrogens is 292 g/mol. The van der Waals surface area contributed by atoms with E-state index in [1.807, 2.05) is 0 Å². The van der Waals surface area contributed by atoms with Crippen LogP contribution in [0.5, 0.6) is 0 Å². The summed E-state index contributed by atoms with van der Waals surface area (Å²) in [5.41, 5.74) is -0.472. The minimum Gasteiger partial charge on any atom is -0.480 e. The number of carboxylic acid groups (broad SMARTS) is 1. The Labute approximate surface area is 126 Å². The van der Waals surface area contributed by atoms with Gasteiger partial charge in [-0.1, -0.05) is 6.07 Å². The highest BCUT2D eigenvalue weighted by Crippen LogP contribution is 2.48. The number of carbonyl (C=O) groups excluding carboxylic acids is 1. The van der Waals surface area contributed by atoms with Crippen molar-refractivity contribution < 1.29 is 23.5 Å². The molecule has 1 aliphatic carbocycles. The molecule has 0 spiro atoms. The van der Waals surface area contributed by atoms with Crippen molar-refractivity contribution in [2.24, 2.45) is 5.41 Å². The van der Waals surface area contributed by atoms with Gasteiger partial charge in [-0.25, -0.2) is 8.78 Å². The van der Waals surface area contributed by atoms with Crippen molar-refractivity contribution in [3.8, 4) is 0 Å². The molecule has 118 valence electrons. The van der Waals surface area contributed by atoms with Crippen LogP contribution in [0.15, 0.2) is 18.2 Å². The lowest BCUT2D eigenvalue weighted by molar-refractivity contribution is -0.153. The zero-order chi connectivity index (χ0) is 15.9. The number of aliphatic carboxylic acids is 1. The van der Waals surface area contributed by atoms with Crippen LogP contribution in [0.1, 0.15) is 37.2 Å². The molecule has 0 unspecified atom stereocenters. The van der Waals surface area contributed by atoms with Gasteiger partial charge in [0.25, 0.3) is 0 Å². The van der Waals surface area contributed by atoms with Gasteiger partial charge in [-0.05, 0) is 49.3 Å². The van der Waals surface area contributed by atoms with E-state index in [2.05, 4.69) is 0 Å². The molecular formula is C16H17F2NO3. The minimum atomic E-state index is -1.20. The van der Waals surface area contributed by atoms with Crippen LogP contribution >= 0.6 is 0 Å². The Bertz CT molecular complexity index is 620. The molecule has 1 aliphatic heterocycles. The van der Waals surface area contributed by atoms with Crippen molar-refractivity contribution in [2.45, 2.75) is 31.6 Å². The summed E-state index contributed by atoms with van der Waals surface area (Å²) in [6.45, 7) is 0.912. The summed E-state index contributed by atoms with van der Waals surface area (Å²) in [5, 5.41) is 9.17. The van der Waals surface area contributed by atoms with Crippen LogP contribution in [0.2, 0.25) is 0 Å². The van der Waals surface area contributed by atoms with Crippen LogP contribution in [0.3, 0.4) is 0 Å². The van der Waals surface area contributed by atoms with E-state index in [0.717, 1.165) is 11.6 Å². The maximum Gasteiger partial charge on any atom is 0.319 e. The summed E-state index contributed by atoms with van der Waals surface area (Å²) in [5.74, 6) is -3.00. The molecule has 6 heteroatoms. The van der Waals surface area contributed by atoms with Gasteiger partial charge in [0.05, 0.1) is 0 Å². The molecule has 0 aromatic heterocycles. The molecule has 0 atom stereocenters. The van der Waals surface area contributed by atoms with E-state index in [9.17, 15) is 18.4 Å². The SMILES string of the molecule is O=C(O)C1(C(=O)N2CCC(c3ccc(F)c(F)c3)CC2)CC1. The van der Waals surface area contributed by atoms with Crippen LogP contribution in [-0.4, -0.2) is 35.0 Å². The first-order valence-electron chi connectivity index (χ1n) is 7.42. The maximum atomic E-state index is 13.3. The van der Waals surface area contributed by atoms with Crippen LogP contribution < -0.4 is 0 Å². The molecule has 1 aromatic rings. The fourth-order valence-corrected chi connectivity index (χ4v) is 3.13. The number of benzene rings is 1. The van der Waals surface area contributed by atoms with Gasteiger partial charge >= 0.3 is 5.97 Å². The zero-order valence-electron chi connectivity index (χ0n) is 12.0. The summed E-state index contributed by atoms with van der Waals surface area (Å²) in [6.07, 6.45) is 2.08. The van der Waals surface area contributed by atoms with Gasteiger partial charge in [-0.3, -0.25) is 9.59 Å². The van der Waals surface area contributed by atoms with E-state index >= 15 is 0 Å². The summed E-state index contributed by atoms with van der Waals surface area (Å²) in [4.78, 5) is 25.1. The lowest BCUT2D eigenvalue weighted by Gasteiger charge is -2.33. The summed E-state index contributed by atoms with van der Waals surface area (Å²) in [6, 6.07) is 3.89. The second-order valence-electron chi connectivity index (χ2n) is 6.13. The molecule has 1 amide bonds. The van der Waals surface area contributed by atoms with Gasteiger partial charge in [0.15, 0.2) is 11.6 Å². The second kappa shape index (κ2) is 5.34. The Morgan fingerprint density at radius 2 is 1.77 bits per heavy atom. The molecule has 1 N–H and O–H groups in total. The summed E-state index contributed by atoms with van der Waals surface area (Å²) >= 11 is 0. The average molecular weight is 309 g/mol. The highest BCUT2D eigenvalue weighted by atomic mass is 19.2. The number of carbonyl (C=O) groups is 2. The van der Waals surface area contributed by atoms with Crippen molar-refractivity contribution in [2.75, 3.05) is 13.1 Å². The van der Waals surface area contributed by atoms with E-state index in [1.165, 1.54) is 6.07 Å². The van der Waals surface area contributed by atoms with Gasteiger partial charge in [-0.15, -0.1) is 0 Å². The van der Waals surface area contributed by atoms with Crippen molar-refractivity contribution in [1.82, 2.24) is 4.90 Å². The lowest BCUT2D eigenvalue weighted by Crippen LogP contribution is -2.44. The first kappa shape index (κ1) is 14.9. The Morgan fingerprint density at radius 3 is 2.27 bits per heavy atom. The van der Waals surface area contributed by atoms with Crippen LogP contribution in [-0.2, 0) is 9.59 Å². The normalized spacial score (nSPS) is 20.7. The number of likely N-dealkylation sites (tertiary alicyclic amines) is 1. The highest BCUT2D eigenvalue weighted by molar-refractivity contribution is 6.04. The Balaban J connectivity index is 1.64. The third kappa shape index (κ3) is 2.46. The van der Waals surface area contributed by atoms with Crippen LogP contribution in [0, 0.1) is 17.0 Å². The van der Waals surface area contributed by atoms with Crippen molar-refractivity contribution in [3.63, 3.8) is 0 Å². The molecule has 2 aliphatic rings. The van der Waals surface area contributed by atoms with Crippen molar-refractivity contribution >= 4 is 11.9 Å². The van der Waals surface area contributed by atoms with Gasteiger partial charge < -0.3 is 10.0 Å². The zero-order valence-corrected chi connectivity index (χ0v) is 12.0. The van der Waals surface area contributed by atoms with Crippen molar-refractivity contribution in [1.29, 1.82) is 0 Å². The molecule has 4 nitrogen and oxygen atoms in total.